The Kier molecular flexibility index (Phi) is 4.58. The molecule has 0 aliphatic carbocycles. The molecule has 0 bridgehead atoms. The molecule has 1 saturated heterocycles. The Labute approximate surface area is 156 Å². The lowest BCUT2D eigenvalue weighted by molar-refractivity contribution is -0.141. The molecule has 1 fully saturated rings. The molecule has 140 valence electrons. The van der Waals surface area contributed by atoms with E-state index in [2.05, 4.69) is 5.32 Å². The second-order valence-electron chi connectivity index (χ2n) is 6.34. The van der Waals surface area contributed by atoms with E-state index in [9.17, 15) is 9.59 Å². The number of benzene rings is 2. The summed E-state index contributed by atoms with van der Waals surface area (Å²) in [5, 5.41) is 2.84. The van der Waals surface area contributed by atoms with E-state index in [1.807, 2.05) is 0 Å². The number of fused-ring (bicyclic) bond motifs is 1. The van der Waals surface area contributed by atoms with Crippen LogP contribution in [0.3, 0.4) is 0 Å². The van der Waals surface area contributed by atoms with Gasteiger partial charge in [0, 0.05) is 5.69 Å². The van der Waals surface area contributed by atoms with Crippen LogP contribution >= 0.6 is 0 Å². The predicted octanol–water partition coefficient (Wildman–Crippen LogP) is 2.71. The third-order valence-corrected chi connectivity index (χ3v) is 4.60. The summed E-state index contributed by atoms with van der Waals surface area (Å²) >= 11 is 0. The number of esters is 1. The first-order valence-electron chi connectivity index (χ1n) is 8.68. The number of carbonyl (C=O) groups excluding carboxylic acids is 2. The topological polar surface area (TPSA) is 83.1 Å². The minimum absolute atomic E-state index is 0.0289. The first-order chi connectivity index (χ1) is 13.1. The second-order valence-corrected chi connectivity index (χ2v) is 6.34. The molecule has 2 aromatic rings. The van der Waals surface area contributed by atoms with Crippen molar-refractivity contribution in [2.45, 2.75) is 12.5 Å². The van der Waals surface area contributed by atoms with Crippen molar-refractivity contribution < 1.29 is 28.5 Å². The van der Waals surface area contributed by atoms with Crippen LogP contribution in [0, 0.1) is 5.92 Å². The maximum absolute atomic E-state index is 12.8. The Balaban J connectivity index is 1.53. The molecule has 2 aliphatic rings. The highest BCUT2D eigenvalue weighted by atomic mass is 16.6. The zero-order valence-corrected chi connectivity index (χ0v) is 14.8. The maximum Gasteiger partial charge on any atom is 0.307 e. The minimum atomic E-state index is -0.661. The SMILES string of the molecule is COc1ccc(NC(=O)[C@@H]2CC(=O)O[C@H]2c2ccc3c(c2)OCCO3)cc1. The fourth-order valence-electron chi connectivity index (χ4n) is 3.24. The summed E-state index contributed by atoms with van der Waals surface area (Å²) in [4.78, 5) is 24.6. The highest BCUT2D eigenvalue weighted by molar-refractivity contribution is 5.96. The lowest BCUT2D eigenvalue weighted by Gasteiger charge is -2.22. The van der Waals surface area contributed by atoms with Gasteiger partial charge in [0.25, 0.3) is 0 Å². The molecule has 0 unspecified atom stereocenters. The van der Waals surface area contributed by atoms with E-state index in [0.29, 0.717) is 41.7 Å². The molecule has 2 aromatic carbocycles. The summed E-state index contributed by atoms with van der Waals surface area (Å²) in [5.74, 6) is 0.643. The number of anilines is 1. The molecule has 0 radical (unpaired) electrons. The summed E-state index contributed by atoms with van der Waals surface area (Å²) in [6.45, 7) is 0.958. The van der Waals surface area contributed by atoms with Crippen LogP contribution in [-0.2, 0) is 14.3 Å². The van der Waals surface area contributed by atoms with Crippen molar-refractivity contribution in [2.24, 2.45) is 5.92 Å². The molecule has 7 nitrogen and oxygen atoms in total. The van der Waals surface area contributed by atoms with Gasteiger partial charge < -0.3 is 24.3 Å². The number of carbonyl (C=O) groups is 2. The Hall–Kier alpha value is -3.22. The van der Waals surface area contributed by atoms with Crippen LogP contribution in [0.5, 0.6) is 17.2 Å². The van der Waals surface area contributed by atoms with Crippen molar-refractivity contribution in [2.75, 3.05) is 25.6 Å². The zero-order valence-electron chi connectivity index (χ0n) is 14.8. The Morgan fingerprint density at radius 2 is 1.81 bits per heavy atom. The van der Waals surface area contributed by atoms with E-state index < -0.39 is 18.0 Å². The highest BCUT2D eigenvalue weighted by Crippen LogP contribution is 2.40. The van der Waals surface area contributed by atoms with Gasteiger partial charge in [-0.05, 0) is 42.0 Å². The van der Waals surface area contributed by atoms with E-state index >= 15 is 0 Å². The van der Waals surface area contributed by atoms with Gasteiger partial charge in [-0.15, -0.1) is 0 Å². The van der Waals surface area contributed by atoms with E-state index in [1.165, 1.54) is 0 Å². The number of methoxy groups -OCH3 is 1. The average molecular weight is 369 g/mol. The van der Waals surface area contributed by atoms with Gasteiger partial charge >= 0.3 is 5.97 Å². The van der Waals surface area contributed by atoms with E-state index in [-0.39, 0.29) is 12.3 Å². The van der Waals surface area contributed by atoms with Crippen LogP contribution in [-0.4, -0.2) is 32.2 Å². The molecule has 2 heterocycles. The van der Waals surface area contributed by atoms with Crippen LogP contribution in [0.2, 0.25) is 0 Å². The van der Waals surface area contributed by atoms with Crippen LogP contribution in [0.1, 0.15) is 18.1 Å². The fourth-order valence-corrected chi connectivity index (χ4v) is 3.24. The van der Waals surface area contributed by atoms with Crippen molar-refractivity contribution >= 4 is 17.6 Å². The van der Waals surface area contributed by atoms with Gasteiger partial charge in [-0.1, -0.05) is 6.07 Å². The fraction of sp³-hybridized carbons (Fsp3) is 0.300. The quantitative estimate of drug-likeness (QED) is 0.835. The largest absolute Gasteiger partial charge is 0.497 e. The summed E-state index contributed by atoms with van der Waals surface area (Å²) in [5.41, 5.74) is 1.33. The minimum Gasteiger partial charge on any atom is -0.497 e. The lowest BCUT2D eigenvalue weighted by atomic mass is 9.94. The summed E-state index contributed by atoms with van der Waals surface area (Å²) in [6.07, 6.45) is -0.632. The standard InChI is InChI=1S/C20H19NO6/c1-24-14-5-3-13(4-6-14)21-20(23)15-11-18(22)27-19(15)12-2-7-16-17(10-12)26-9-8-25-16/h2-7,10,15,19H,8-9,11H2,1H3,(H,21,23)/t15-,19+/m1/s1. The predicted molar refractivity (Wildman–Crippen MR) is 96.0 cm³/mol. The van der Waals surface area contributed by atoms with Gasteiger partial charge in [0.1, 0.15) is 25.1 Å². The van der Waals surface area contributed by atoms with Crippen LogP contribution in [0.25, 0.3) is 0 Å². The number of hydrogen-bond donors (Lipinski definition) is 1. The molecule has 1 N–H and O–H groups in total. The molecule has 7 heteroatoms. The Morgan fingerprint density at radius 3 is 2.56 bits per heavy atom. The van der Waals surface area contributed by atoms with Gasteiger partial charge in [-0.25, -0.2) is 0 Å². The second kappa shape index (κ2) is 7.19. The monoisotopic (exact) mass is 369 g/mol. The van der Waals surface area contributed by atoms with E-state index in [1.54, 1.807) is 49.6 Å². The first kappa shape index (κ1) is 17.2. The number of ether oxygens (including phenoxy) is 4. The molecular formula is C20H19NO6. The third kappa shape index (κ3) is 3.53. The molecular weight excluding hydrogens is 350 g/mol. The molecule has 0 saturated carbocycles. The summed E-state index contributed by atoms with van der Waals surface area (Å²) in [7, 11) is 1.58. The summed E-state index contributed by atoms with van der Waals surface area (Å²) < 4.78 is 21.6. The molecule has 4 rings (SSSR count). The number of cyclic esters (lactones) is 1. The summed E-state index contributed by atoms with van der Waals surface area (Å²) in [6, 6.07) is 12.3. The van der Waals surface area contributed by atoms with Crippen LogP contribution in [0.15, 0.2) is 42.5 Å². The van der Waals surface area contributed by atoms with Crippen molar-refractivity contribution in [1.29, 1.82) is 0 Å². The molecule has 27 heavy (non-hydrogen) atoms. The zero-order chi connectivity index (χ0) is 18.8. The van der Waals surface area contributed by atoms with Crippen molar-refractivity contribution in [3.8, 4) is 17.2 Å². The van der Waals surface area contributed by atoms with E-state index in [0.717, 1.165) is 0 Å². The van der Waals surface area contributed by atoms with E-state index in [4.69, 9.17) is 18.9 Å². The average Bonchev–Trinajstić information content (AvgIpc) is 3.10. The van der Waals surface area contributed by atoms with Gasteiger partial charge in [-0.3, -0.25) is 9.59 Å². The molecule has 0 aromatic heterocycles. The van der Waals surface area contributed by atoms with Gasteiger partial charge in [-0.2, -0.15) is 0 Å². The number of amides is 1. The van der Waals surface area contributed by atoms with Gasteiger partial charge in [0.15, 0.2) is 11.5 Å². The normalized spacial score (nSPS) is 20.7. The highest BCUT2D eigenvalue weighted by Gasteiger charge is 2.41. The number of rotatable bonds is 4. The van der Waals surface area contributed by atoms with Crippen LogP contribution in [0.4, 0.5) is 5.69 Å². The molecule has 0 spiro atoms. The molecule has 1 amide bonds. The Bertz CT molecular complexity index is 863. The van der Waals surface area contributed by atoms with Crippen molar-refractivity contribution in [3.63, 3.8) is 0 Å². The maximum atomic E-state index is 12.8. The van der Waals surface area contributed by atoms with Gasteiger partial charge in [0.2, 0.25) is 5.91 Å². The van der Waals surface area contributed by atoms with Gasteiger partial charge in [0.05, 0.1) is 19.4 Å². The smallest absolute Gasteiger partial charge is 0.307 e. The first-order valence-corrected chi connectivity index (χ1v) is 8.68. The molecule has 2 atom stereocenters. The molecule has 2 aliphatic heterocycles. The van der Waals surface area contributed by atoms with Crippen molar-refractivity contribution in [1.82, 2.24) is 0 Å². The third-order valence-electron chi connectivity index (χ3n) is 4.60. The number of nitrogens with one attached hydrogen (secondary N) is 1. The van der Waals surface area contributed by atoms with Crippen molar-refractivity contribution in [3.05, 3.63) is 48.0 Å². The lowest BCUT2D eigenvalue weighted by Crippen LogP contribution is -2.25. The Morgan fingerprint density at radius 1 is 1.07 bits per heavy atom. The van der Waals surface area contributed by atoms with Crippen LogP contribution < -0.4 is 19.5 Å². The number of hydrogen-bond acceptors (Lipinski definition) is 6.